The largest absolute Gasteiger partial charge is 0.479 e. The van der Waals surface area contributed by atoms with Crippen LogP contribution in [0, 0.1) is 11.3 Å². The van der Waals surface area contributed by atoms with Gasteiger partial charge in [0.15, 0.2) is 0 Å². The van der Waals surface area contributed by atoms with Crippen LogP contribution in [0.3, 0.4) is 0 Å². The zero-order valence-electron chi connectivity index (χ0n) is 10.9. The second-order valence-corrected chi connectivity index (χ2v) is 5.65. The molecule has 0 aromatic carbocycles. The van der Waals surface area contributed by atoms with E-state index in [9.17, 15) is 22.8 Å². The lowest BCUT2D eigenvalue weighted by molar-refractivity contribution is -0.203. The minimum atomic E-state index is -5.07. The van der Waals surface area contributed by atoms with Gasteiger partial charge in [0.2, 0.25) is 5.54 Å². The summed E-state index contributed by atoms with van der Waals surface area (Å²) in [6, 6.07) is -1.13. The molecule has 2 unspecified atom stereocenters. The van der Waals surface area contributed by atoms with Crippen LogP contribution in [0.25, 0.3) is 0 Å². The first-order valence-electron chi connectivity index (χ1n) is 5.76. The summed E-state index contributed by atoms with van der Waals surface area (Å²) in [7, 11) is 0. The van der Waals surface area contributed by atoms with Gasteiger partial charge in [-0.05, 0) is 24.7 Å². The van der Waals surface area contributed by atoms with E-state index in [2.05, 4.69) is 5.32 Å². The molecule has 0 spiro atoms. The molecule has 110 valence electrons. The van der Waals surface area contributed by atoms with Crippen LogP contribution < -0.4 is 10.6 Å². The standard InChI is InChI=1S/C11H17F3N2O3/c1-9(2)4-6(9)5-15-8(19)16-10(3,7(17)18)11(12,13)14/h6H,4-5H2,1-3H3,(H,17,18)(H2,15,16,19). The van der Waals surface area contributed by atoms with Crippen molar-refractivity contribution >= 4 is 12.0 Å². The molecule has 0 saturated heterocycles. The van der Waals surface area contributed by atoms with Crippen molar-refractivity contribution in [2.24, 2.45) is 11.3 Å². The third kappa shape index (κ3) is 3.30. The summed E-state index contributed by atoms with van der Waals surface area (Å²) in [5, 5.41) is 12.4. The molecule has 5 nitrogen and oxygen atoms in total. The number of hydrogen-bond donors (Lipinski definition) is 3. The molecule has 0 bridgehead atoms. The van der Waals surface area contributed by atoms with Crippen LogP contribution >= 0.6 is 0 Å². The maximum absolute atomic E-state index is 12.6. The van der Waals surface area contributed by atoms with E-state index in [4.69, 9.17) is 5.11 Å². The van der Waals surface area contributed by atoms with Gasteiger partial charge >= 0.3 is 18.2 Å². The second-order valence-electron chi connectivity index (χ2n) is 5.65. The van der Waals surface area contributed by atoms with Crippen LogP contribution in [-0.2, 0) is 4.79 Å². The molecule has 1 aliphatic carbocycles. The van der Waals surface area contributed by atoms with E-state index in [1.54, 1.807) is 0 Å². The van der Waals surface area contributed by atoms with Crippen molar-refractivity contribution in [3.05, 3.63) is 0 Å². The number of alkyl halides is 3. The van der Waals surface area contributed by atoms with Gasteiger partial charge in [0.1, 0.15) is 0 Å². The SMILES string of the molecule is CC1(C)CC1CNC(=O)NC(C)(C(=O)O)C(F)(F)F. The Morgan fingerprint density at radius 3 is 2.16 bits per heavy atom. The van der Waals surface area contributed by atoms with Crippen molar-refractivity contribution in [3.8, 4) is 0 Å². The number of carboxylic acids is 1. The van der Waals surface area contributed by atoms with E-state index in [-0.39, 0.29) is 17.9 Å². The van der Waals surface area contributed by atoms with Crippen molar-refractivity contribution in [2.75, 3.05) is 6.54 Å². The van der Waals surface area contributed by atoms with Crippen LogP contribution in [0.4, 0.5) is 18.0 Å². The van der Waals surface area contributed by atoms with Gasteiger partial charge < -0.3 is 15.7 Å². The maximum Gasteiger partial charge on any atom is 0.422 e. The van der Waals surface area contributed by atoms with Crippen LogP contribution in [0.15, 0.2) is 0 Å². The van der Waals surface area contributed by atoms with Crippen molar-refractivity contribution < 1.29 is 27.9 Å². The number of hydrogen-bond acceptors (Lipinski definition) is 2. The number of carboxylic acid groups (broad SMARTS) is 1. The van der Waals surface area contributed by atoms with E-state index < -0.39 is 23.7 Å². The first kappa shape index (κ1) is 15.6. The fraction of sp³-hybridized carbons (Fsp3) is 0.818. The van der Waals surface area contributed by atoms with Gasteiger partial charge in [-0.25, -0.2) is 9.59 Å². The molecule has 1 rings (SSSR count). The number of carbonyl (C=O) groups is 2. The molecule has 1 fully saturated rings. The first-order valence-corrected chi connectivity index (χ1v) is 5.76. The van der Waals surface area contributed by atoms with Crippen LogP contribution in [0.2, 0.25) is 0 Å². The Morgan fingerprint density at radius 1 is 1.37 bits per heavy atom. The molecule has 1 aliphatic rings. The molecular weight excluding hydrogens is 265 g/mol. The molecule has 2 amide bonds. The fourth-order valence-corrected chi connectivity index (χ4v) is 1.66. The quantitative estimate of drug-likeness (QED) is 0.735. The zero-order valence-corrected chi connectivity index (χ0v) is 10.9. The summed E-state index contributed by atoms with van der Waals surface area (Å²) in [4.78, 5) is 22.1. The lowest BCUT2D eigenvalue weighted by Crippen LogP contribution is -2.63. The highest BCUT2D eigenvalue weighted by atomic mass is 19.4. The summed E-state index contributed by atoms with van der Waals surface area (Å²) in [6.07, 6.45) is -4.20. The molecule has 2 atom stereocenters. The monoisotopic (exact) mass is 282 g/mol. The average molecular weight is 282 g/mol. The average Bonchev–Trinajstić information content (AvgIpc) is 2.81. The first-order chi connectivity index (χ1) is 8.40. The molecule has 0 aliphatic heterocycles. The fourth-order valence-electron chi connectivity index (χ4n) is 1.66. The van der Waals surface area contributed by atoms with Crippen LogP contribution in [0.5, 0.6) is 0 Å². The Hall–Kier alpha value is -1.47. The molecule has 1 saturated carbocycles. The third-order valence-electron chi connectivity index (χ3n) is 3.58. The molecule has 3 N–H and O–H groups in total. The van der Waals surface area contributed by atoms with E-state index >= 15 is 0 Å². The molecule has 19 heavy (non-hydrogen) atoms. The van der Waals surface area contributed by atoms with E-state index in [0.29, 0.717) is 6.92 Å². The van der Waals surface area contributed by atoms with E-state index in [1.165, 1.54) is 5.32 Å². The number of halogens is 3. The highest BCUT2D eigenvalue weighted by Gasteiger charge is 2.58. The summed E-state index contributed by atoms with van der Waals surface area (Å²) in [5.74, 6) is -1.94. The number of carbonyl (C=O) groups excluding carboxylic acids is 1. The normalized spacial score (nSPS) is 24.2. The highest BCUT2D eigenvalue weighted by Crippen LogP contribution is 2.50. The minimum Gasteiger partial charge on any atom is -0.479 e. The van der Waals surface area contributed by atoms with Crippen molar-refractivity contribution in [1.29, 1.82) is 0 Å². The van der Waals surface area contributed by atoms with Gasteiger partial charge in [0.05, 0.1) is 0 Å². The summed E-state index contributed by atoms with van der Waals surface area (Å²) in [6.45, 7) is 4.60. The lowest BCUT2D eigenvalue weighted by Gasteiger charge is -2.28. The Balaban J connectivity index is 2.56. The number of nitrogens with one attached hydrogen (secondary N) is 2. The highest BCUT2D eigenvalue weighted by molar-refractivity contribution is 5.86. The van der Waals surface area contributed by atoms with E-state index in [0.717, 1.165) is 6.42 Å². The predicted octanol–water partition coefficient (Wildman–Crippen LogP) is 1.74. The van der Waals surface area contributed by atoms with E-state index in [1.807, 2.05) is 13.8 Å². The molecular formula is C11H17F3N2O3. The Bertz CT molecular complexity index is 395. The minimum absolute atomic E-state index is 0.0768. The third-order valence-corrected chi connectivity index (χ3v) is 3.58. The molecule has 0 aromatic rings. The molecule has 8 heteroatoms. The molecule has 0 aromatic heterocycles. The number of amides is 2. The number of urea groups is 1. The van der Waals surface area contributed by atoms with Gasteiger partial charge in [-0.15, -0.1) is 0 Å². The van der Waals surface area contributed by atoms with Gasteiger partial charge in [0.25, 0.3) is 0 Å². The zero-order chi connectivity index (χ0) is 15.1. The van der Waals surface area contributed by atoms with Crippen molar-refractivity contribution in [1.82, 2.24) is 10.6 Å². The van der Waals surface area contributed by atoms with Gasteiger partial charge in [0, 0.05) is 6.54 Å². The van der Waals surface area contributed by atoms with Gasteiger partial charge in [-0.1, -0.05) is 13.8 Å². The maximum atomic E-state index is 12.6. The number of rotatable bonds is 4. The Kier molecular flexibility index (Phi) is 3.75. The predicted molar refractivity (Wildman–Crippen MR) is 60.5 cm³/mol. The molecule has 0 heterocycles. The smallest absolute Gasteiger partial charge is 0.422 e. The number of aliphatic carboxylic acids is 1. The summed E-state index contributed by atoms with van der Waals surface area (Å²) < 4.78 is 37.9. The molecule has 0 radical (unpaired) electrons. The summed E-state index contributed by atoms with van der Waals surface area (Å²) in [5.41, 5.74) is -3.22. The summed E-state index contributed by atoms with van der Waals surface area (Å²) >= 11 is 0. The van der Waals surface area contributed by atoms with Crippen LogP contribution in [-0.4, -0.2) is 35.4 Å². The lowest BCUT2D eigenvalue weighted by atomic mass is 10.0. The van der Waals surface area contributed by atoms with Gasteiger partial charge in [-0.3, -0.25) is 0 Å². The second kappa shape index (κ2) is 4.57. The topological polar surface area (TPSA) is 78.4 Å². The van der Waals surface area contributed by atoms with Gasteiger partial charge in [-0.2, -0.15) is 13.2 Å². The Labute approximate surface area is 108 Å². The van der Waals surface area contributed by atoms with Crippen molar-refractivity contribution in [3.63, 3.8) is 0 Å². The van der Waals surface area contributed by atoms with Crippen LogP contribution in [0.1, 0.15) is 27.2 Å². The Morgan fingerprint density at radius 2 is 1.84 bits per heavy atom. The van der Waals surface area contributed by atoms with Crippen molar-refractivity contribution in [2.45, 2.75) is 38.9 Å².